The maximum atomic E-state index is 12.2. The molecule has 0 spiro atoms. The summed E-state index contributed by atoms with van der Waals surface area (Å²) < 4.78 is 0. The molecule has 4 atom stereocenters. The molecule has 2 aliphatic rings. The molecule has 0 radical (unpaired) electrons. The van der Waals surface area contributed by atoms with Crippen LogP contribution in [0.25, 0.3) is 0 Å². The van der Waals surface area contributed by atoms with Crippen molar-refractivity contribution in [2.75, 3.05) is 6.54 Å². The standard InChI is InChI=1S/C14H25N3O2/c1-9-7-11(5-6-16-9)14(19)17-12-4-2-3-10(8-12)13(15)18/h9-12,16H,2-8H2,1H3,(H2,15,18)(H,17,19)/t9-,10?,11-,12?/m0/s1. The average molecular weight is 267 g/mol. The van der Waals surface area contributed by atoms with Crippen LogP contribution in [0.2, 0.25) is 0 Å². The molecule has 2 unspecified atom stereocenters. The summed E-state index contributed by atoms with van der Waals surface area (Å²) >= 11 is 0. The van der Waals surface area contributed by atoms with Crippen LogP contribution in [0.1, 0.15) is 45.4 Å². The smallest absolute Gasteiger partial charge is 0.223 e. The number of carbonyl (C=O) groups excluding carboxylic acids is 2. The van der Waals surface area contributed by atoms with Gasteiger partial charge in [0.1, 0.15) is 0 Å². The summed E-state index contributed by atoms with van der Waals surface area (Å²) in [6, 6.07) is 0.540. The van der Waals surface area contributed by atoms with Gasteiger partial charge in [-0.2, -0.15) is 0 Å². The zero-order chi connectivity index (χ0) is 13.8. The Morgan fingerprint density at radius 1 is 1.16 bits per heavy atom. The Kier molecular flexibility index (Phi) is 4.80. The van der Waals surface area contributed by atoms with E-state index in [1.165, 1.54) is 0 Å². The highest BCUT2D eigenvalue weighted by Gasteiger charge is 2.30. The van der Waals surface area contributed by atoms with Crippen LogP contribution < -0.4 is 16.4 Å². The van der Waals surface area contributed by atoms with Crippen LogP contribution in [-0.2, 0) is 9.59 Å². The summed E-state index contributed by atoms with van der Waals surface area (Å²) in [6.07, 6.45) is 5.32. The van der Waals surface area contributed by atoms with E-state index in [0.717, 1.165) is 38.6 Å². The molecule has 19 heavy (non-hydrogen) atoms. The molecule has 1 heterocycles. The molecule has 0 bridgehead atoms. The van der Waals surface area contributed by atoms with Gasteiger partial charge in [-0.15, -0.1) is 0 Å². The van der Waals surface area contributed by atoms with E-state index in [-0.39, 0.29) is 29.7 Å². The molecule has 4 N–H and O–H groups in total. The Morgan fingerprint density at radius 2 is 1.95 bits per heavy atom. The summed E-state index contributed by atoms with van der Waals surface area (Å²) in [4.78, 5) is 23.5. The zero-order valence-electron chi connectivity index (χ0n) is 11.7. The van der Waals surface area contributed by atoms with Gasteiger partial charge < -0.3 is 16.4 Å². The van der Waals surface area contributed by atoms with Crippen molar-refractivity contribution < 1.29 is 9.59 Å². The second kappa shape index (κ2) is 6.37. The lowest BCUT2D eigenvalue weighted by Crippen LogP contribution is -2.47. The van der Waals surface area contributed by atoms with Gasteiger partial charge in [-0.05, 0) is 45.6 Å². The Morgan fingerprint density at radius 3 is 2.63 bits per heavy atom. The summed E-state index contributed by atoms with van der Waals surface area (Å²) in [5, 5.41) is 6.47. The molecular formula is C14H25N3O2. The largest absolute Gasteiger partial charge is 0.369 e. The van der Waals surface area contributed by atoms with E-state index in [0.29, 0.717) is 12.5 Å². The van der Waals surface area contributed by atoms with Crippen molar-refractivity contribution in [1.82, 2.24) is 10.6 Å². The van der Waals surface area contributed by atoms with Crippen LogP contribution in [0, 0.1) is 11.8 Å². The predicted octanol–water partition coefficient (Wildman–Crippen LogP) is 0.535. The summed E-state index contributed by atoms with van der Waals surface area (Å²) in [7, 11) is 0. The molecule has 1 saturated heterocycles. The molecule has 0 aromatic rings. The number of nitrogens with two attached hydrogens (primary N) is 1. The van der Waals surface area contributed by atoms with Crippen LogP contribution in [0.4, 0.5) is 0 Å². The number of primary amides is 1. The predicted molar refractivity (Wildman–Crippen MR) is 73.3 cm³/mol. The van der Waals surface area contributed by atoms with Crippen LogP contribution in [0.15, 0.2) is 0 Å². The highest BCUT2D eigenvalue weighted by molar-refractivity contribution is 5.80. The van der Waals surface area contributed by atoms with E-state index in [1.807, 2.05) is 0 Å². The van der Waals surface area contributed by atoms with E-state index >= 15 is 0 Å². The first-order valence-corrected chi connectivity index (χ1v) is 7.39. The quantitative estimate of drug-likeness (QED) is 0.697. The van der Waals surface area contributed by atoms with Crippen LogP contribution in [-0.4, -0.2) is 30.4 Å². The highest BCUT2D eigenvalue weighted by atomic mass is 16.2. The van der Waals surface area contributed by atoms with Gasteiger partial charge in [-0.1, -0.05) is 6.42 Å². The van der Waals surface area contributed by atoms with Gasteiger partial charge in [-0.3, -0.25) is 9.59 Å². The minimum atomic E-state index is -0.227. The van der Waals surface area contributed by atoms with Crippen LogP contribution in [0.3, 0.4) is 0 Å². The van der Waals surface area contributed by atoms with Gasteiger partial charge in [0.25, 0.3) is 0 Å². The molecule has 5 nitrogen and oxygen atoms in total. The molecule has 2 fully saturated rings. The highest BCUT2D eigenvalue weighted by Crippen LogP contribution is 2.25. The molecule has 1 aliphatic carbocycles. The molecule has 0 aromatic carbocycles. The first-order valence-electron chi connectivity index (χ1n) is 7.39. The number of amides is 2. The summed E-state index contributed by atoms with van der Waals surface area (Å²) in [5.74, 6) is -0.0193. The van der Waals surface area contributed by atoms with Crippen LogP contribution >= 0.6 is 0 Å². The molecule has 0 aromatic heterocycles. The van der Waals surface area contributed by atoms with Crippen molar-refractivity contribution in [2.45, 2.75) is 57.5 Å². The summed E-state index contributed by atoms with van der Waals surface area (Å²) in [5.41, 5.74) is 5.36. The second-order valence-corrected chi connectivity index (χ2v) is 6.05. The Hall–Kier alpha value is -1.10. The molecule has 2 rings (SSSR count). The number of rotatable bonds is 3. The fraction of sp³-hybridized carbons (Fsp3) is 0.857. The second-order valence-electron chi connectivity index (χ2n) is 6.05. The Labute approximate surface area is 114 Å². The van der Waals surface area contributed by atoms with Gasteiger partial charge in [0, 0.05) is 23.9 Å². The monoisotopic (exact) mass is 267 g/mol. The lowest BCUT2D eigenvalue weighted by Gasteiger charge is -2.31. The Balaban J connectivity index is 1.82. The molecule has 108 valence electrons. The molecule has 2 amide bonds. The van der Waals surface area contributed by atoms with Crippen molar-refractivity contribution >= 4 is 11.8 Å². The zero-order valence-corrected chi connectivity index (χ0v) is 11.7. The van der Waals surface area contributed by atoms with Crippen molar-refractivity contribution in [3.63, 3.8) is 0 Å². The van der Waals surface area contributed by atoms with Crippen molar-refractivity contribution in [3.8, 4) is 0 Å². The average Bonchev–Trinajstić information content (AvgIpc) is 2.39. The lowest BCUT2D eigenvalue weighted by molar-refractivity contribution is -0.128. The third kappa shape index (κ3) is 3.93. The van der Waals surface area contributed by atoms with Crippen molar-refractivity contribution in [1.29, 1.82) is 0 Å². The number of piperidine rings is 1. The van der Waals surface area contributed by atoms with E-state index in [9.17, 15) is 9.59 Å². The fourth-order valence-corrected chi connectivity index (χ4v) is 3.27. The molecular weight excluding hydrogens is 242 g/mol. The molecule has 1 aliphatic heterocycles. The maximum absolute atomic E-state index is 12.2. The van der Waals surface area contributed by atoms with E-state index in [4.69, 9.17) is 5.73 Å². The van der Waals surface area contributed by atoms with Gasteiger partial charge in [0.05, 0.1) is 0 Å². The molecule has 1 saturated carbocycles. The lowest BCUT2D eigenvalue weighted by atomic mass is 9.84. The third-order valence-corrected chi connectivity index (χ3v) is 4.42. The number of nitrogens with one attached hydrogen (secondary N) is 2. The van der Waals surface area contributed by atoms with Crippen LogP contribution in [0.5, 0.6) is 0 Å². The molecule has 5 heteroatoms. The van der Waals surface area contributed by atoms with E-state index < -0.39 is 0 Å². The Bertz CT molecular complexity index is 346. The number of hydrogen-bond donors (Lipinski definition) is 3. The summed E-state index contributed by atoms with van der Waals surface area (Å²) in [6.45, 7) is 3.02. The third-order valence-electron chi connectivity index (χ3n) is 4.42. The van der Waals surface area contributed by atoms with Gasteiger partial charge >= 0.3 is 0 Å². The van der Waals surface area contributed by atoms with Crippen molar-refractivity contribution in [3.05, 3.63) is 0 Å². The van der Waals surface area contributed by atoms with Gasteiger partial charge in [0.15, 0.2) is 0 Å². The number of hydrogen-bond acceptors (Lipinski definition) is 3. The van der Waals surface area contributed by atoms with E-state index in [1.54, 1.807) is 0 Å². The normalized spacial score (nSPS) is 35.6. The maximum Gasteiger partial charge on any atom is 0.223 e. The first-order chi connectivity index (χ1) is 9.06. The first kappa shape index (κ1) is 14.3. The number of carbonyl (C=O) groups is 2. The van der Waals surface area contributed by atoms with Crippen molar-refractivity contribution in [2.24, 2.45) is 17.6 Å². The van der Waals surface area contributed by atoms with Gasteiger partial charge in [0.2, 0.25) is 11.8 Å². The minimum Gasteiger partial charge on any atom is -0.369 e. The fourth-order valence-electron chi connectivity index (χ4n) is 3.27. The minimum absolute atomic E-state index is 0.0639. The SMILES string of the molecule is C[C@H]1C[C@@H](C(=O)NC2CCCC(C(N)=O)C2)CCN1. The van der Waals surface area contributed by atoms with E-state index in [2.05, 4.69) is 17.6 Å². The van der Waals surface area contributed by atoms with Gasteiger partial charge in [-0.25, -0.2) is 0 Å². The topological polar surface area (TPSA) is 84.2 Å².